The lowest BCUT2D eigenvalue weighted by molar-refractivity contribution is -0.132. The molecule has 1 heterocycles. The number of nitrogens with zero attached hydrogens (tertiary/aromatic N) is 1. The molecule has 2 N–H and O–H groups in total. The van der Waals surface area contributed by atoms with E-state index in [1.165, 1.54) is 47.6 Å². The molecule has 1 atom stereocenters. The molecule has 0 spiro atoms. The normalized spacial score (nSPS) is 13.6. The maximum Gasteiger partial charge on any atom is 0.331 e. The molecule has 2 aromatic carbocycles. The van der Waals surface area contributed by atoms with E-state index in [4.69, 9.17) is 38.0 Å². The smallest absolute Gasteiger partial charge is 0.331 e. The van der Waals surface area contributed by atoms with Crippen LogP contribution >= 0.6 is 34.5 Å². The Kier molecular flexibility index (Phi) is 9.26. The molecule has 6 nitrogen and oxygen atoms in total. The van der Waals surface area contributed by atoms with Gasteiger partial charge in [0.1, 0.15) is 0 Å². The van der Waals surface area contributed by atoms with Crippen molar-refractivity contribution in [2.75, 3.05) is 11.9 Å². The molecule has 0 saturated carbocycles. The van der Waals surface area contributed by atoms with Crippen LogP contribution in [-0.4, -0.2) is 34.7 Å². The molecule has 1 amide bonds. The number of carbonyl (C=O) groups is 2. The van der Waals surface area contributed by atoms with Crippen LogP contribution in [-0.2, 0) is 28.8 Å². The number of carbonyl (C=O) groups excluding carboxylic acids is 1. The molecule has 1 aliphatic carbocycles. The fourth-order valence-electron chi connectivity index (χ4n) is 4.67. The Morgan fingerprint density at radius 3 is 2.61 bits per heavy atom. The van der Waals surface area contributed by atoms with Crippen molar-refractivity contribution in [1.29, 1.82) is 0 Å². The minimum absolute atomic E-state index is 0.0854. The van der Waals surface area contributed by atoms with Crippen LogP contribution in [0.15, 0.2) is 35.9 Å². The Hall–Kier alpha value is -2.71. The summed E-state index contributed by atoms with van der Waals surface area (Å²) in [5.41, 5.74) is 5.42. The quantitative estimate of drug-likeness (QED) is 0.243. The predicted molar refractivity (Wildman–Crippen MR) is 155 cm³/mol. The molecule has 0 bridgehead atoms. The van der Waals surface area contributed by atoms with Gasteiger partial charge in [-0.15, -0.1) is 11.3 Å². The maximum absolute atomic E-state index is 13.0. The van der Waals surface area contributed by atoms with E-state index in [9.17, 15) is 9.59 Å². The van der Waals surface area contributed by atoms with E-state index in [0.717, 1.165) is 54.8 Å². The standard InChI is InChI=1S/C29H30Cl2N2O4S/c1-4-19(37-5-2)10-9-17-7-6-8-21-20(17)11-12-25-26(21)32-29(38-25)33-27(34)18-14-23(30)22(24(31)15-18)13-16(3)28(35)36/h6-8,13-15,19H,4-5,9-12H2,1-3H3,(H,35,36)(H,32,33,34)/b16-13+. The van der Waals surface area contributed by atoms with E-state index in [1.54, 1.807) is 0 Å². The first-order valence-corrected chi connectivity index (χ1v) is 14.2. The number of benzene rings is 2. The van der Waals surface area contributed by atoms with Crippen molar-refractivity contribution in [2.45, 2.75) is 59.0 Å². The number of amides is 1. The first-order chi connectivity index (χ1) is 18.2. The molecule has 38 heavy (non-hydrogen) atoms. The number of rotatable bonds is 10. The largest absolute Gasteiger partial charge is 0.478 e. The zero-order valence-corrected chi connectivity index (χ0v) is 23.9. The summed E-state index contributed by atoms with van der Waals surface area (Å²) in [6.07, 6.45) is 6.41. The SMILES string of the molecule is CCOC(CC)CCc1cccc2c1CCc1sc(NC(=O)c3cc(Cl)c(/C=C(\C)C(=O)O)c(Cl)c3)nc1-2. The van der Waals surface area contributed by atoms with Crippen LogP contribution in [0.2, 0.25) is 10.0 Å². The van der Waals surface area contributed by atoms with Crippen LogP contribution in [0.4, 0.5) is 5.13 Å². The number of carboxylic acids is 1. The van der Waals surface area contributed by atoms with Crippen molar-refractivity contribution in [1.82, 2.24) is 4.98 Å². The Balaban J connectivity index is 1.53. The fraction of sp³-hybridized carbons (Fsp3) is 0.345. The number of anilines is 1. The number of thiazole rings is 1. The molecule has 1 aromatic heterocycles. The third kappa shape index (κ3) is 6.29. The van der Waals surface area contributed by atoms with Crippen LogP contribution < -0.4 is 5.32 Å². The van der Waals surface area contributed by atoms with Gasteiger partial charge in [-0.05, 0) is 75.3 Å². The first-order valence-electron chi connectivity index (χ1n) is 12.7. The Bertz CT molecular complexity index is 1380. The summed E-state index contributed by atoms with van der Waals surface area (Å²) in [7, 11) is 0. The topological polar surface area (TPSA) is 88.5 Å². The lowest BCUT2D eigenvalue weighted by atomic mass is 9.87. The van der Waals surface area contributed by atoms with Crippen molar-refractivity contribution in [3.8, 4) is 11.3 Å². The van der Waals surface area contributed by atoms with Gasteiger partial charge in [0.2, 0.25) is 0 Å². The van der Waals surface area contributed by atoms with Gasteiger partial charge in [-0.1, -0.05) is 48.3 Å². The average Bonchev–Trinajstić information content (AvgIpc) is 3.31. The Morgan fingerprint density at radius 1 is 1.21 bits per heavy atom. The van der Waals surface area contributed by atoms with Crippen molar-refractivity contribution >= 4 is 57.6 Å². The number of carboxylic acid groups (broad SMARTS) is 1. The van der Waals surface area contributed by atoms with E-state index in [-0.39, 0.29) is 33.2 Å². The Morgan fingerprint density at radius 2 is 1.95 bits per heavy atom. The third-order valence-electron chi connectivity index (χ3n) is 6.68. The van der Waals surface area contributed by atoms with Crippen molar-refractivity contribution < 1.29 is 19.4 Å². The van der Waals surface area contributed by atoms with Gasteiger partial charge in [-0.3, -0.25) is 10.1 Å². The number of hydrogen-bond donors (Lipinski definition) is 2. The number of aliphatic carboxylic acids is 1. The van der Waals surface area contributed by atoms with Crippen LogP contribution in [0.3, 0.4) is 0 Å². The number of ether oxygens (including phenoxy) is 1. The number of nitrogens with one attached hydrogen (secondary N) is 1. The summed E-state index contributed by atoms with van der Waals surface area (Å²) in [6, 6.07) is 9.33. The van der Waals surface area contributed by atoms with Gasteiger partial charge in [0.15, 0.2) is 5.13 Å². The number of halogens is 2. The van der Waals surface area contributed by atoms with Crippen LogP contribution in [0.1, 0.15) is 65.5 Å². The Labute approximate surface area is 236 Å². The van der Waals surface area contributed by atoms with Gasteiger partial charge in [0.05, 0.1) is 21.8 Å². The van der Waals surface area contributed by atoms with Crippen LogP contribution in [0.25, 0.3) is 17.3 Å². The highest BCUT2D eigenvalue weighted by Crippen LogP contribution is 2.40. The van der Waals surface area contributed by atoms with Gasteiger partial charge in [0.25, 0.3) is 5.91 Å². The highest BCUT2D eigenvalue weighted by Gasteiger charge is 2.24. The second kappa shape index (κ2) is 12.4. The van der Waals surface area contributed by atoms with E-state index in [0.29, 0.717) is 10.7 Å². The lowest BCUT2D eigenvalue weighted by Gasteiger charge is -2.20. The van der Waals surface area contributed by atoms with Gasteiger partial charge in [-0.2, -0.15) is 0 Å². The summed E-state index contributed by atoms with van der Waals surface area (Å²) >= 11 is 14.1. The zero-order valence-electron chi connectivity index (χ0n) is 21.6. The molecule has 1 aliphatic rings. The number of fused-ring (bicyclic) bond motifs is 3. The van der Waals surface area contributed by atoms with Gasteiger partial charge < -0.3 is 9.84 Å². The second-order valence-electron chi connectivity index (χ2n) is 9.20. The maximum atomic E-state index is 13.0. The average molecular weight is 574 g/mol. The van der Waals surface area contributed by atoms with E-state index in [2.05, 4.69) is 30.4 Å². The number of hydrogen-bond acceptors (Lipinski definition) is 5. The molecule has 3 aromatic rings. The van der Waals surface area contributed by atoms with Crippen molar-refractivity contribution in [3.63, 3.8) is 0 Å². The first kappa shape index (κ1) is 28.3. The fourth-order valence-corrected chi connectivity index (χ4v) is 6.23. The van der Waals surface area contributed by atoms with Gasteiger partial charge in [-0.25, -0.2) is 9.78 Å². The molecule has 0 aliphatic heterocycles. The highest BCUT2D eigenvalue weighted by molar-refractivity contribution is 7.16. The predicted octanol–water partition coefficient (Wildman–Crippen LogP) is 7.70. The minimum Gasteiger partial charge on any atom is -0.478 e. The van der Waals surface area contributed by atoms with E-state index in [1.807, 2.05) is 6.92 Å². The number of aryl methyl sites for hydroxylation is 2. The molecule has 0 radical (unpaired) electrons. The molecule has 1 unspecified atom stereocenters. The summed E-state index contributed by atoms with van der Waals surface area (Å²) in [5.74, 6) is -1.46. The molecule has 0 fully saturated rings. The van der Waals surface area contributed by atoms with Crippen molar-refractivity contribution in [2.24, 2.45) is 0 Å². The number of aromatic nitrogens is 1. The molecular weight excluding hydrogens is 543 g/mol. The molecular formula is C29H30Cl2N2O4S. The lowest BCUT2D eigenvalue weighted by Crippen LogP contribution is -2.14. The summed E-state index contributed by atoms with van der Waals surface area (Å²) < 4.78 is 5.84. The summed E-state index contributed by atoms with van der Waals surface area (Å²) in [4.78, 5) is 30.1. The highest BCUT2D eigenvalue weighted by atomic mass is 35.5. The molecule has 9 heteroatoms. The molecule has 200 valence electrons. The monoisotopic (exact) mass is 572 g/mol. The second-order valence-corrected chi connectivity index (χ2v) is 11.1. The van der Waals surface area contributed by atoms with Crippen LogP contribution in [0, 0.1) is 0 Å². The van der Waals surface area contributed by atoms with Gasteiger partial charge in [0, 0.05) is 33.7 Å². The minimum atomic E-state index is -1.07. The summed E-state index contributed by atoms with van der Waals surface area (Å²) in [5, 5.41) is 12.9. The van der Waals surface area contributed by atoms with E-state index >= 15 is 0 Å². The summed E-state index contributed by atoms with van der Waals surface area (Å²) in [6.45, 7) is 6.37. The molecule has 4 rings (SSSR count). The van der Waals surface area contributed by atoms with Crippen molar-refractivity contribution in [3.05, 3.63) is 73.1 Å². The third-order valence-corrected chi connectivity index (χ3v) is 8.34. The van der Waals surface area contributed by atoms with E-state index < -0.39 is 5.97 Å². The van der Waals surface area contributed by atoms with Crippen LogP contribution in [0.5, 0.6) is 0 Å². The zero-order chi connectivity index (χ0) is 27.4. The molecule has 0 saturated heterocycles. The van der Waals surface area contributed by atoms with Gasteiger partial charge >= 0.3 is 5.97 Å².